The zero-order valence-electron chi connectivity index (χ0n) is 20.5. The van der Waals surface area contributed by atoms with Gasteiger partial charge in [-0.3, -0.25) is 9.36 Å². The molecule has 2 aliphatic carbocycles. The number of thioether (sulfide) groups is 1. The van der Waals surface area contributed by atoms with E-state index in [0.717, 1.165) is 64.9 Å². The summed E-state index contributed by atoms with van der Waals surface area (Å²) in [6, 6.07) is 16.4. The van der Waals surface area contributed by atoms with Crippen LogP contribution in [0.3, 0.4) is 0 Å². The molecule has 0 atom stereocenters. The summed E-state index contributed by atoms with van der Waals surface area (Å²) in [6.45, 7) is 4.47. The number of nitrogens with zero attached hydrogens (tertiary/aromatic N) is 2. The predicted octanol–water partition coefficient (Wildman–Crippen LogP) is 6.80. The van der Waals surface area contributed by atoms with Gasteiger partial charge < -0.3 is 4.74 Å². The van der Waals surface area contributed by atoms with E-state index in [9.17, 15) is 4.79 Å². The molecular weight excluding hydrogens is 440 g/mol. The fourth-order valence-electron chi connectivity index (χ4n) is 5.63. The Morgan fingerprint density at radius 1 is 1.06 bits per heavy atom. The molecule has 5 rings (SSSR count). The molecule has 2 aromatic carbocycles. The first-order valence-electron chi connectivity index (χ1n) is 12.6. The van der Waals surface area contributed by atoms with Gasteiger partial charge in [0.05, 0.1) is 24.1 Å². The Hall–Kier alpha value is -2.53. The molecule has 0 N–H and O–H groups in total. The standard InChI is InChI=1S/C29H34N2O2S/c1-20(2)15-18-34-28-30-26-24-10-6-5-9-21(24)19-29(16-7-4-8-17-29)25(26)27(32)31(28)22-11-13-23(33-3)14-12-22/h5-6,9-14,20H,4,7-8,15-19H2,1-3H3. The van der Waals surface area contributed by atoms with Crippen molar-refractivity contribution in [3.8, 4) is 22.7 Å². The minimum atomic E-state index is -0.110. The molecule has 1 fully saturated rings. The van der Waals surface area contributed by atoms with Crippen LogP contribution in [0.5, 0.6) is 5.75 Å². The number of fused-ring (bicyclic) bond motifs is 4. The van der Waals surface area contributed by atoms with Gasteiger partial charge in [0.1, 0.15) is 5.75 Å². The average molecular weight is 475 g/mol. The van der Waals surface area contributed by atoms with Crippen LogP contribution in [0.1, 0.15) is 63.5 Å². The number of ether oxygens (including phenoxy) is 1. The Kier molecular flexibility index (Phi) is 6.57. The molecule has 0 unspecified atom stereocenters. The zero-order chi connectivity index (χ0) is 23.7. The van der Waals surface area contributed by atoms with Crippen molar-refractivity contribution in [2.45, 2.75) is 69.4 Å². The van der Waals surface area contributed by atoms with E-state index in [-0.39, 0.29) is 11.0 Å². The van der Waals surface area contributed by atoms with E-state index in [0.29, 0.717) is 5.92 Å². The van der Waals surface area contributed by atoms with Gasteiger partial charge in [0.2, 0.25) is 0 Å². The van der Waals surface area contributed by atoms with Crippen molar-refractivity contribution < 1.29 is 4.74 Å². The maximum atomic E-state index is 14.4. The van der Waals surface area contributed by atoms with Gasteiger partial charge >= 0.3 is 0 Å². The topological polar surface area (TPSA) is 44.1 Å². The van der Waals surface area contributed by atoms with Gasteiger partial charge in [-0.25, -0.2) is 4.98 Å². The van der Waals surface area contributed by atoms with Crippen molar-refractivity contribution in [1.82, 2.24) is 9.55 Å². The van der Waals surface area contributed by atoms with Gasteiger partial charge in [-0.1, -0.05) is 69.1 Å². The van der Waals surface area contributed by atoms with Crippen molar-refractivity contribution in [3.63, 3.8) is 0 Å². The van der Waals surface area contributed by atoms with Crippen molar-refractivity contribution in [2.24, 2.45) is 5.92 Å². The maximum Gasteiger partial charge on any atom is 0.263 e. The normalized spacial score (nSPS) is 16.4. The summed E-state index contributed by atoms with van der Waals surface area (Å²) in [5.74, 6) is 2.33. The molecular formula is C29H34N2O2S. The third-order valence-electron chi connectivity index (χ3n) is 7.45. The van der Waals surface area contributed by atoms with Gasteiger partial charge in [-0.2, -0.15) is 0 Å². The summed E-state index contributed by atoms with van der Waals surface area (Å²) >= 11 is 1.70. The molecule has 1 spiro atoms. The Bertz CT molecular complexity index is 1220. The molecule has 2 aliphatic rings. The summed E-state index contributed by atoms with van der Waals surface area (Å²) < 4.78 is 7.24. The average Bonchev–Trinajstić information content (AvgIpc) is 2.84. The van der Waals surface area contributed by atoms with Crippen LogP contribution in [-0.4, -0.2) is 22.4 Å². The Balaban J connectivity index is 1.74. The van der Waals surface area contributed by atoms with Crippen LogP contribution in [0.2, 0.25) is 0 Å². The highest BCUT2D eigenvalue weighted by molar-refractivity contribution is 7.99. The van der Waals surface area contributed by atoms with Gasteiger partial charge in [0, 0.05) is 16.7 Å². The first-order chi connectivity index (χ1) is 16.5. The van der Waals surface area contributed by atoms with Crippen LogP contribution >= 0.6 is 11.8 Å². The third kappa shape index (κ3) is 4.19. The number of aromatic nitrogens is 2. The fourth-order valence-corrected chi connectivity index (χ4v) is 6.87. The minimum Gasteiger partial charge on any atom is -0.497 e. The summed E-state index contributed by atoms with van der Waals surface area (Å²) in [5, 5.41) is 0.789. The summed E-state index contributed by atoms with van der Waals surface area (Å²) in [7, 11) is 1.67. The second-order valence-electron chi connectivity index (χ2n) is 10.2. The van der Waals surface area contributed by atoms with E-state index in [1.54, 1.807) is 18.9 Å². The van der Waals surface area contributed by atoms with Crippen LogP contribution < -0.4 is 10.3 Å². The molecule has 0 bridgehead atoms. The lowest BCUT2D eigenvalue weighted by Gasteiger charge is -2.42. The lowest BCUT2D eigenvalue weighted by Crippen LogP contribution is -2.42. The molecule has 1 aromatic heterocycles. The SMILES string of the molecule is COc1ccc(-n2c(SCCC(C)C)nc3c(c2=O)C2(CCCCC2)Cc2ccccc2-3)cc1. The van der Waals surface area contributed by atoms with E-state index < -0.39 is 0 Å². The van der Waals surface area contributed by atoms with Crippen LogP contribution in [0.15, 0.2) is 58.5 Å². The molecule has 1 heterocycles. The first-order valence-corrected chi connectivity index (χ1v) is 13.5. The Morgan fingerprint density at radius 2 is 1.79 bits per heavy atom. The van der Waals surface area contributed by atoms with E-state index in [1.165, 1.54) is 24.8 Å². The van der Waals surface area contributed by atoms with Gasteiger partial charge in [0.25, 0.3) is 5.56 Å². The Labute approximate surface area is 206 Å². The molecule has 178 valence electrons. The first kappa shape index (κ1) is 23.2. The van der Waals surface area contributed by atoms with Crippen molar-refractivity contribution in [1.29, 1.82) is 0 Å². The van der Waals surface area contributed by atoms with Crippen molar-refractivity contribution in [3.05, 3.63) is 70.0 Å². The van der Waals surface area contributed by atoms with Crippen LogP contribution in [0.25, 0.3) is 16.9 Å². The van der Waals surface area contributed by atoms with Crippen molar-refractivity contribution >= 4 is 11.8 Å². The number of hydrogen-bond acceptors (Lipinski definition) is 4. The van der Waals surface area contributed by atoms with Crippen LogP contribution in [0, 0.1) is 5.92 Å². The van der Waals surface area contributed by atoms with Crippen LogP contribution in [0.4, 0.5) is 0 Å². The van der Waals surface area contributed by atoms with E-state index in [1.807, 2.05) is 28.8 Å². The Morgan fingerprint density at radius 3 is 2.50 bits per heavy atom. The molecule has 0 amide bonds. The predicted molar refractivity (Wildman–Crippen MR) is 140 cm³/mol. The minimum absolute atomic E-state index is 0.110. The highest BCUT2D eigenvalue weighted by Crippen LogP contribution is 2.49. The highest BCUT2D eigenvalue weighted by Gasteiger charge is 2.43. The largest absolute Gasteiger partial charge is 0.497 e. The van der Waals surface area contributed by atoms with Crippen molar-refractivity contribution in [2.75, 3.05) is 12.9 Å². The molecule has 34 heavy (non-hydrogen) atoms. The van der Waals surface area contributed by atoms with Crippen LogP contribution in [-0.2, 0) is 11.8 Å². The molecule has 0 radical (unpaired) electrons. The fraction of sp³-hybridized carbons (Fsp3) is 0.448. The maximum absolute atomic E-state index is 14.4. The van der Waals surface area contributed by atoms with E-state index >= 15 is 0 Å². The summed E-state index contributed by atoms with van der Waals surface area (Å²) in [5.41, 5.74) is 5.20. The van der Waals surface area contributed by atoms with E-state index in [4.69, 9.17) is 9.72 Å². The second-order valence-corrected chi connectivity index (χ2v) is 11.2. The summed E-state index contributed by atoms with van der Waals surface area (Å²) in [4.78, 5) is 19.7. The number of methoxy groups -OCH3 is 1. The number of rotatable bonds is 6. The number of hydrogen-bond donors (Lipinski definition) is 0. The molecule has 0 aliphatic heterocycles. The lowest BCUT2D eigenvalue weighted by atomic mass is 9.62. The van der Waals surface area contributed by atoms with Gasteiger partial charge in [0.15, 0.2) is 5.16 Å². The lowest BCUT2D eigenvalue weighted by molar-refractivity contribution is 0.283. The smallest absolute Gasteiger partial charge is 0.263 e. The molecule has 1 saturated carbocycles. The quantitative estimate of drug-likeness (QED) is 0.291. The van der Waals surface area contributed by atoms with E-state index in [2.05, 4.69) is 38.1 Å². The molecule has 0 saturated heterocycles. The molecule has 3 aromatic rings. The van der Waals surface area contributed by atoms with Gasteiger partial charge in [-0.15, -0.1) is 0 Å². The zero-order valence-corrected chi connectivity index (χ0v) is 21.3. The summed E-state index contributed by atoms with van der Waals surface area (Å²) in [6.07, 6.45) is 7.75. The third-order valence-corrected chi connectivity index (χ3v) is 8.42. The number of benzene rings is 2. The highest BCUT2D eigenvalue weighted by atomic mass is 32.2. The molecule has 5 heteroatoms. The second kappa shape index (κ2) is 9.61. The monoisotopic (exact) mass is 474 g/mol. The molecule has 4 nitrogen and oxygen atoms in total. The van der Waals surface area contributed by atoms with Gasteiger partial charge in [-0.05, 0) is 61.4 Å².